The standard InChI is InChI=1S/C15H22N2O3/c1-2-6-15(16-20-14-9-3-4-10-14)12-7-5-8-13(11-12)17(18)19/h5,7-8,11,14-16H,2-4,6,9-10H2,1H3. The van der Waals surface area contributed by atoms with Gasteiger partial charge < -0.3 is 0 Å². The Morgan fingerprint density at radius 1 is 1.45 bits per heavy atom. The predicted molar refractivity (Wildman–Crippen MR) is 77.2 cm³/mol. The molecule has 0 spiro atoms. The zero-order valence-corrected chi connectivity index (χ0v) is 11.9. The quantitative estimate of drug-likeness (QED) is 0.607. The van der Waals surface area contributed by atoms with Crippen molar-refractivity contribution in [2.45, 2.75) is 57.6 Å². The van der Waals surface area contributed by atoms with Crippen LogP contribution in [-0.2, 0) is 4.84 Å². The lowest BCUT2D eigenvalue weighted by Crippen LogP contribution is -2.26. The molecule has 0 bridgehead atoms. The van der Waals surface area contributed by atoms with E-state index in [2.05, 4.69) is 12.4 Å². The molecule has 1 fully saturated rings. The monoisotopic (exact) mass is 278 g/mol. The van der Waals surface area contributed by atoms with Gasteiger partial charge in [0.05, 0.1) is 17.1 Å². The summed E-state index contributed by atoms with van der Waals surface area (Å²) >= 11 is 0. The lowest BCUT2D eigenvalue weighted by Gasteiger charge is -2.21. The maximum atomic E-state index is 10.9. The molecule has 0 amide bonds. The number of hydroxylamine groups is 1. The maximum absolute atomic E-state index is 10.9. The highest BCUT2D eigenvalue weighted by molar-refractivity contribution is 5.35. The average Bonchev–Trinajstić information content (AvgIpc) is 2.97. The molecule has 20 heavy (non-hydrogen) atoms. The van der Waals surface area contributed by atoms with Crippen LogP contribution in [-0.4, -0.2) is 11.0 Å². The summed E-state index contributed by atoms with van der Waals surface area (Å²) in [5.41, 5.74) is 4.17. The molecule has 0 saturated heterocycles. The highest BCUT2D eigenvalue weighted by atomic mass is 16.7. The predicted octanol–water partition coefficient (Wildman–Crippen LogP) is 3.90. The minimum Gasteiger partial charge on any atom is -0.298 e. The van der Waals surface area contributed by atoms with Crippen molar-refractivity contribution in [2.24, 2.45) is 0 Å². The van der Waals surface area contributed by atoms with Crippen molar-refractivity contribution in [1.82, 2.24) is 5.48 Å². The first kappa shape index (κ1) is 14.9. The first-order valence-electron chi connectivity index (χ1n) is 7.36. The van der Waals surface area contributed by atoms with Crippen LogP contribution in [0.25, 0.3) is 0 Å². The van der Waals surface area contributed by atoms with Crippen LogP contribution in [0.1, 0.15) is 57.1 Å². The van der Waals surface area contributed by atoms with Crippen LogP contribution in [0.3, 0.4) is 0 Å². The molecule has 1 aromatic rings. The van der Waals surface area contributed by atoms with E-state index in [-0.39, 0.29) is 22.8 Å². The molecule has 0 heterocycles. The second-order valence-corrected chi connectivity index (χ2v) is 5.34. The molecule has 5 heteroatoms. The van der Waals surface area contributed by atoms with Crippen LogP contribution < -0.4 is 5.48 Å². The number of nitrogens with zero attached hydrogens (tertiary/aromatic N) is 1. The molecular weight excluding hydrogens is 256 g/mol. The molecule has 1 saturated carbocycles. The first-order chi connectivity index (χ1) is 9.70. The molecule has 1 atom stereocenters. The van der Waals surface area contributed by atoms with Crippen molar-refractivity contribution < 1.29 is 9.76 Å². The zero-order valence-electron chi connectivity index (χ0n) is 11.9. The summed E-state index contributed by atoms with van der Waals surface area (Å²) in [5, 5.41) is 10.9. The van der Waals surface area contributed by atoms with Crippen molar-refractivity contribution in [3.63, 3.8) is 0 Å². The van der Waals surface area contributed by atoms with Gasteiger partial charge in [-0.25, -0.2) is 0 Å². The zero-order chi connectivity index (χ0) is 14.4. The van der Waals surface area contributed by atoms with Gasteiger partial charge in [0.1, 0.15) is 0 Å². The average molecular weight is 278 g/mol. The Balaban J connectivity index is 2.02. The Bertz CT molecular complexity index is 444. The van der Waals surface area contributed by atoms with Gasteiger partial charge in [-0.2, -0.15) is 5.48 Å². The van der Waals surface area contributed by atoms with E-state index in [4.69, 9.17) is 4.84 Å². The number of hydrogen-bond donors (Lipinski definition) is 1. The molecule has 5 nitrogen and oxygen atoms in total. The molecular formula is C15H22N2O3. The van der Waals surface area contributed by atoms with E-state index in [1.165, 1.54) is 18.9 Å². The summed E-state index contributed by atoms with van der Waals surface area (Å²) in [6.45, 7) is 2.10. The maximum Gasteiger partial charge on any atom is 0.269 e. The van der Waals surface area contributed by atoms with Crippen molar-refractivity contribution in [3.05, 3.63) is 39.9 Å². The summed E-state index contributed by atoms with van der Waals surface area (Å²) in [5.74, 6) is 0. The number of non-ortho nitro benzene ring substituents is 1. The van der Waals surface area contributed by atoms with E-state index in [9.17, 15) is 10.1 Å². The Kier molecular flexibility index (Phi) is 5.49. The molecule has 1 aliphatic rings. The van der Waals surface area contributed by atoms with E-state index in [1.54, 1.807) is 12.1 Å². The molecule has 0 radical (unpaired) electrons. The fourth-order valence-electron chi connectivity index (χ4n) is 2.62. The van der Waals surface area contributed by atoms with E-state index in [1.807, 2.05) is 6.07 Å². The van der Waals surface area contributed by atoms with Crippen molar-refractivity contribution in [1.29, 1.82) is 0 Å². The Morgan fingerprint density at radius 3 is 2.85 bits per heavy atom. The number of nitro benzene ring substituents is 1. The minimum atomic E-state index is -0.357. The van der Waals surface area contributed by atoms with Crippen LogP contribution in [0.2, 0.25) is 0 Å². The fourth-order valence-corrected chi connectivity index (χ4v) is 2.62. The van der Waals surface area contributed by atoms with Crippen LogP contribution >= 0.6 is 0 Å². The highest BCUT2D eigenvalue weighted by Gasteiger charge is 2.19. The van der Waals surface area contributed by atoms with Gasteiger partial charge in [-0.15, -0.1) is 0 Å². The normalized spacial score (nSPS) is 17.2. The SMILES string of the molecule is CCCC(NOC1CCCC1)c1cccc([N+](=O)[O-])c1. The summed E-state index contributed by atoms with van der Waals surface area (Å²) in [4.78, 5) is 16.3. The van der Waals surface area contributed by atoms with E-state index in [0.29, 0.717) is 0 Å². The van der Waals surface area contributed by atoms with E-state index >= 15 is 0 Å². The molecule has 1 aliphatic carbocycles. The van der Waals surface area contributed by atoms with Gasteiger partial charge in [0.2, 0.25) is 0 Å². The molecule has 1 N–H and O–H groups in total. The lowest BCUT2D eigenvalue weighted by atomic mass is 10.0. The van der Waals surface area contributed by atoms with Gasteiger partial charge >= 0.3 is 0 Å². The largest absolute Gasteiger partial charge is 0.298 e. The smallest absolute Gasteiger partial charge is 0.269 e. The second-order valence-electron chi connectivity index (χ2n) is 5.34. The first-order valence-corrected chi connectivity index (χ1v) is 7.36. The van der Waals surface area contributed by atoms with Crippen molar-refractivity contribution in [3.8, 4) is 0 Å². The Hall–Kier alpha value is -1.46. The van der Waals surface area contributed by atoms with Crippen LogP contribution in [0, 0.1) is 10.1 Å². The van der Waals surface area contributed by atoms with Crippen molar-refractivity contribution in [2.75, 3.05) is 0 Å². The van der Waals surface area contributed by atoms with Crippen LogP contribution in [0.15, 0.2) is 24.3 Å². The van der Waals surface area contributed by atoms with Gasteiger partial charge in [0.25, 0.3) is 5.69 Å². The number of nitro groups is 1. The summed E-state index contributed by atoms with van der Waals surface area (Å²) in [7, 11) is 0. The lowest BCUT2D eigenvalue weighted by molar-refractivity contribution is -0.384. The number of benzene rings is 1. The molecule has 0 aliphatic heterocycles. The van der Waals surface area contributed by atoms with E-state index < -0.39 is 0 Å². The summed E-state index contributed by atoms with van der Waals surface area (Å²) in [6, 6.07) is 6.81. The van der Waals surface area contributed by atoms with Gasteiger partial charge in [-0.1, -0.05) is 38.3 Å². The van der Waals surface area contributed by atoms with Gasteiger partial charge in [0.15, 0.2) is 0 Å². The van der Waals surface area contributed by atoms with E-state index in [0.717, 1.165) is 31.2 Å². The summed E-state index contributed by atoms with van der Waals surface area (Å²) in [6.07, 6.45) is 6.82. The molecule has 1 aromatic carbocycles. The topological polar surface area (TPSA) is 64.4 Å². The van der Waals surface area contributed by atoms with Gasteiger partial charge in [-0.05, 0) is 24.8 Å². The molecule has 2 rings (SSSR count). The van der Waals surface area contributed by atoms with Crippen LogP contribution in [0.5, 0.6) is 0 Å². The number of hydrogen-bond acceptors (Lipinski definition) is 4. The summed E-state index contributed by atoms with van der Waals surface area (Å²) < 4.78 is 0. The van der Waals surface area contributed by atoms with Gasteiger partial charge in [0, 0.05) is 12.1 Å². The number of nitrogens with one attached hydrogen (secondary N) is 1. The number of rotatable bonds is 7. The third kappa shape index (κ3) is 4.02. The molecule has 1 unspecified atom stereocenters. The third-order valence-corrected chi connectivity index (χ3v) is 3.74. The fraction of sp³-hybridized carbons (Fsp3) is 0.600. The van der Waals surface area contributed by atoms with Gasteiger partial charge in [-0.3, -0.25) is 15.0 Å². The van der Waals surface area contributed by atoms with Crippen LogP contribution in [0.4, 0.5) is 5.69 Å². The minimum absolute atomic E-state index is 0.0144. The second kappa shape index (κ2) is 7.36. The third-order valence-electron chi connectivity index (χ3n) is 3.74. The highest BCUT2D eigenvalue weighted by Crippen LogP contribution is 2.25. The Morgan fingerprint density at radius 2 is 2.20 bits per heavy atom. The molecule has 110 valence electrons. The molecule has 0 aromatic heterocycles. The van der Waals surface area contributed by atoms with Crippen molar-refractivity contribution >= 4 is 5.69 Å². The Labute approximate surface area is 119 Å².